The zero-order valence-electron chi connectivity index (χ0n) is 12.3. The van der Waals surface area contributed by atoms with Crippen molar-refractivity contribution in [1.29, 1.82) is 0 Å². The first-order valence-corrected chi connectivity index (χ1v) is 6.89. The number of alkyl carbamates (subject to hydrolysis) is 1. The molecule has 0 bridgehead atoms. The smallest absolute Gasteiger partial charge is 0.407 e. The van der Waals surface area contributed by atoms with E-state index in [1.54, 1.807) is 0 Å². The number of hydrogen-bond acceptors (Lipinski definition) is 4. The molecule has 1 saturated carbocycles. The first kappa shape index (κ1) is 15.8. The van der Waals surface area contributed by atoms with Crippen LogP contribution in [0, 0.1) is 5.92 Å². The van der Waals surface area contributed by atoms with Crippen LogP contribution in [-0.4, -0.2) is 30.3 Å². The lowest BCUT2D eigenvalue weighted by Crippen LogP contribution is -2.41. The molecule has 0 unspecified atom stereocenters. The van der Waals surface area contributed by atoms with Crippen LogP contribution in [0.1, 0.15) is 53.4 Å². The molecule has 0 aliphatic heterocycles. The molecular formula is C14H25NO4. The summed E-state index contributed by atoms with van der Waals surface area (Å²) in [6, 6.07) is 0.170. The highest BCUT2D eigenvalue weighted by atomic mass is 16.6. The molecule has 1 aliphatic rings. The maximum absolute atomic E-state index is 11.6. The van der Waals surface area contributed by atoms with Crippen LogP contribution in [0.3, 0.4) is 0 Å². The summed E-state index contributed by atoms with van der Waals surface area (Å²) in [5.74, 6) is 0.189. The van der Waals surface area contributed by atoms with Gasteiger partial charge in [-0.2, -0.15) is 0 Å². The molecule has 0 aromatic rings. The van der Waals surface area contributed by atoms with Gasteiger partial charge >= 0.3 is 12.1 Å². The third-order valence-corrected chi connectivity index (χ3v) is 3.09. The minimum Gasteiger partial charge on any atom is -0.466 e. The number of hydrogen-bond donors (Lipinski definition) is 1. The van der Waals surface area contributed by atoms with Crippen LogP contribution in [0.25, 0.3) is 0 Å². The highest BCUT2D eigenvalue weighted by Crippen LogP contribution is 2.24. The summed E-state index contributed by atoms with van der Waals surface area (Å²) in [6.07, 6.45) is 3.40. The number of rotatable bonds is 3. The third-order valence-electron chi connectivity index (χ3n) is 3.09. The molecule has 1 N–H and O–H groups in total. The molecular weight excluding hydrogens is 246 g/mol. The molecule has 1 rings (SSSR count). The molecule has 5 heteroatoms. The van der Waals surface area contributed by atoms with E-state index in [1.807, 2.05) is 20.8 Å². The van der Waals surface area contributed by atoms with Crippen LogP contribution in [0.5, 0.6) is 0 Å². The quantitative estimate of drug-likeness (QED) is 0.801. The minimum atomic E-state index is -0.462. The Labute approximate surface area is 115 Å². The Bertz CT molecular complexity index is 314. The van der Waals surface area contributed by atoms with Crippen molar-refractivity contribution in [2.75, 3.05) is 6.61 Å². The van der Waals surface area contributed by atoms with Crippen molar-refractivity contribution >= 4 is 12.1 Å². The monoisotopic (exact) mass is 271 g/mol. The van der Waals surface area contributed by atoms with E-state index in [-0.39, 0.29) is 18.1 Å². The van der Waals surface area contributed by atoms with Crippen molar-refractivity contribution in [3.63, 3.8) is 0 Å². The number of amides is 1. The van der Waals surface area contributed by atoms with Crippen molar-refractivity contribution in [2.24, 2.45) is 5.92 Å². The van der Waals surface area contributed by atoms with E-state index in [4.69, 9.17) is 9.47 Å². The fourth-order valence-corrected chi connectivity index (χ4v) is 2.18. The van der Waals surface area contributed by atoms with Crippen molar-refractivity contribution < 1.29 is 19.1 Å². The molecule has 0 heterocycles. The SMILES string of the molecule is CC(=O)OC[C@H]1CC[C@H](NC(=O)OC(C)(C)C)CC1. The maximum atomic E-state index is 11.6. The Balaban J connectivity index is 2.23. The number of carbonyl (C=O) groups is 2. The minimum absolute atomic E-state index is 0.170. The van der Waals surface area contributed by atoms with Crippen LogP contribution < -0.4 is 5.32 Å². The number of carbonyl (C=O) groups excluding carboxylic acids is 2. The topological polar surface area (TPSA) is 64.6 Å². The molecule has 1 fully saturated rings. The predicted molar refractivity (Wildman–Crippen MR) is 71.7 cm³/mol. The normalized spacial score (nSPS) is 23.6. The summed E-state index contributed by atoms with van der Waals surface area (Å²) in [4.78, 5) is 22.4. The van der Waals surface area contributed by atoms with Gasteiger partial charge in [0.15, 0.2) is 0 Å². The lowest BCUT2D eigenvalue weighted by atomic mass is 9.86. The van der Waals surface area contributed by atoms with Gasteiger partial charge in [0.2, 0.25) is 0 Å². The largest absolute Gasteiger partial charge is 0.466 e. The zero-order chi connectivity index (χ0) is 14.5. The summed E-state index contributed by atoms with van der Waals surface area (Å²) in [5, 5.41) is 2.89. The lowest BCUT2D eigenvalue weighted by Gasteiger charge is -2.29. The molecule has 0 radical (unpaired) electrons. The number of ether oxygens (including phenoxy) is 2. The van der Waals surface area contributed by atoms with Gasteiger partial charge in [-0.15, -0.1) is 0 Å². The van der Waals surface area contributed by atoms with E-state index >= 15 is 0 Å². The molecule has 5 nitrogen and oxygen atoms in total. The Morgan fingerprint density at radius 3 is 2.21 bits per heavy atom. The van der Waals surface area contributed by atoms with Crippen molar-refractivity contribution in [3.8, 4) is 0 Å². The summed E-state index contributed by atoms with van der Waals surface area (Å²) >= 11 is 0. The summed E-state index contributed by atoms with van der Waals surface area (Å²) in [7, 11) is 0. The van der Waals surface area contributed by atoms with Crippen LogP contribution in [0.2, 0.25) is 0 Å². The highest BCUT2D eigenvalue weighted by Gasteiger charge is 2.25. The molecule has 1 aliphatic carbocycles. The first-order valence-electron chi connectivity index (χ1n) is 6.89. The van der Waals surface area contributed by atoms with Crippen molar-refractivity contribution in [3.05, 3.63) is 0 Å². The molecule has 0 spiro atoms. The van der Waals surface area contributed by atoms with Gasteiger partial charge in [-0.3, -0.25) is 4.79 Å². The van der Waals surface area contributed by atoms with Gasteiger partial charge < -0.3 is 14.8 Å². The first-order chi connectivity index (χ1) is 8.76. The molecule has 1 amide bonds. The lowest BCUT2D eigenvalue weighted by molar-refractivity contribution is -0.142. The second-order valence-corrected chi connectivity index (χ2v) is 6.17. The van der Waals surface area contributed by atoms with Gasteiger partial charge in [0.1, 0.15) is 5.60 Å². The van der Waals surface area contributed by atoms with Gasteiger partial charge in [0.25, 0.3) is 0 Å². The van der Waals surface area contributed by atoms with Gasteiger partial charge in [0.05, 0.1) is 6.61 Å². The predicted octanol–water partition coefficient (Wildman–Crippen LogP) is 2.63. The fourth-order valence-electron chi connectivity index (χ4n) is 2.18. The summed E-state index contributed by atoms with van der Waals surface area (Å²) in [5.41, 5.74) is -0.462. The average Bonchev–Trinajstić information content (AvgIpc) is 2.25. The van der Waals surface area contributed by atoms with E-state index in [1.165, 1.54) is 6.92 Å². The molecule has 0 atom stereocenters. The Morgan fingerprint density at radius 2 is 1.74 bits per heavy atom. The van der Waals surface area contributed by atoms with E-state index in [2.05, 4.69) is 5.32 Å². The van der Waals surface area contributed by atoms with E-state index in [9.17, 15) is 9.59 Å². The molecule has 19 heavy (non-hydrogen) atoms. The van der Waals surface area contributed by atoms with Crippen molar-refractivity contribution in [1.82, 2.24) is 5.32 Å². The number of nitrogens with one attached hydrogen (secondary N) is 1. The second-order valence-electron chi connectivity index (χ2n) is 6.17. The van der Waals surface area contributed by atoms with Crippen molar-refractivity contribution in [2.45, 2.75) is 65.0 Å². The Kier molecular flexibility index (Phi) is 5.63. The fraction of sp³-hybridized carbons (Fsp3) is 0.857. The van der Waals surface area contributed by atoms with E-state index in [0.717, 1.165) is 25.7 Å². The summed E-state index contributed by atoms with van der Waals surface area (Å²) in [6.45, 7) is 7.47. The van der Waals surface area contributed by atoms with Gasteiger partial charge in [-0.1, -0.05) is 0 Å². The zero-order valence-corrected chi connectivity index (χ0v) is 12.3. The molecule has 0 saturated heterocycles. The number of esters is 1. The third kappa shape index (κ3) is 7.03. The van der Waals surface area contributed by atoms with Gasteiger partial charge in [-0.25, -0.2) is 4.79 Å². The van der Waals surface area contributed by atoms with E-state index in [0.29, 0.717) is 12.5 Å². The Hall–Kier alpha value is -1.26. The molecule has 110 valence electrons. The Morgan fingerprint density at radius 1 is 1.16 bits per heavy atom. The molecule has 0 aromatic carbocycles. The van der Waals surface area contributed by atoms with Gasteiger partial charge in [0, 0.05) is 13.0 Å². The van der Waals surface area contributed by atoms with Crippen LogP contribution in [0.15, 0.2) is 0 Å². The van der Waals surface area contributed by atoms with Crippen LogP contribution in [0.4, 0.5) is 4.79 Å². The van der Waals surface area contributed by atoms with E-state index < -0.39 is 5.60 Å². The maximum Gasteiger partial charge on any atom is 0.407 e. The standard InChI is InChI=1S/C14H25NO4/c1-10(16)18-9-11-5-7-12(8-6-11)15-13(17)19-14(2,3)4/h11-12H,5-9H2,1-4H3,(H,15,17)/t11-,12-. The molecule has 0 aromatic heterocycles. The van der Waals surface area contributed by atoms with Crippen LogP contribution in [-0.2, 0) is 14.3 Å². The highest BCUT2D eigenvalue weighted by molar-refractivity contribution is 5.68. The second kappa shape index (κ2) is 6.78. The summed E-state index contributed by atoms with van der Waals surface area (Å²) < 4.78 is 10.2. The average molecular weight is 271 g/mol. The van der Waals surface area contributed by atoms with Gasteiger partial charge in [-0.05, 0) is 52.4 Å². The van der Waals surface area contributed by atoms with Crippen LogP contribution >= 0.6 is 0 Å².